The van der Waals surface area contributed by atoms with Gasteiger partial charge in [0.05, 0.1) is 0 Å². The van der Waals surface area contributed by atoms with Crippen molar-refractivity contribution in [1.82, 2.24) is 9.97 Å². The molecule has 0 fully saturated rings. The largest absolute Gasteiger partial charge is 0.337 e. The Morgan fingerprint density at radius 1 is 1.64 bits per heavy atom. The molecule has 1 rings (SSSR count). The van der Waals surface area contributed by atoms with Gasteiger partial charge in [0.2, 0.25) is 0 Å². The number of hydrogen-bond donors (Lipinski definition) is 1. The van der Waals surface area contributed by atoms with Gasteiger partial charge in [-0.25, -0.2) is 4.98 Å². The van der Waals surface area contributed by atoms with Gasteiger partial charge in [0, 0.05) is 11.9 Å². The predicted octanol–water partition coefficient (Wildman–Crippen LogP) is 2.33. The summed E-state index contributed by atoms with van der Waals surface area (Å²) < 4.78 is 0. The van der Waals surface area contributed by atoms with E-state index in [-0.39, 0.29) is 0 Å². The van der Waals surface area contributed by atoms with Crippen LogP contribution < -0.4 is 0 Å². The Hall–Kier alpha value is -0.440. The fraction of sp³-hybridized carbons (Fsp3) is 0.625. The Labute approximate surface area is 71.8 Å². The van der Waals surface area contributed by atoms with Crippen LogP contribution in [0.3, 0.4) is 0 Å². The second kappa shape index (κ2) is 3.81. The first-order valence-corrected chi connectivity index (χ1v) is 5.02. The Balaban J connectivity index is 2.58. The average molecular weight is 170 g/mol. The number of thioether (sulfide) groups is 1. The number of aromatic amines is 1. The summed E-state index contributed by atoms with van der Waals surface area (Å²) in [4.78, 5) is 7.44. The standard InChI is InChI=1S/C8H14N2S/c1-6(2)4-7-5-9-8(10-7)11-3/h5-6H,4H2,1-3H3,(H,9,10). The van der Waals surface area contributed by atoms with E-state index in [1.54, 1.807) is 11.8 Å². The number of aromatic nitrogens is 2. The molecule has 0 atom stereocenters. The first-order valence-electron chi connectivity index (χ1n) is 3.80. The maximum absolute atomic E-state index is 4.20. The van der Waals surface area contributed by atoms with E-state index in [2.05, 4.69) is 23.8 Å². The SMILES string of the molecule is CSc1ncc(CC(C)C)[nH]1. The van der Waals surface area contributed by atoms with E-state index >= 15 is 0 Å². The fourth-order valence-corrected chi connectivity index (χ4v) is 1.38. The van der Waals surface area contributed by atoms with E-state index in [0.717, 1.165) is 11.6 Å². The maximum atomic E-state index is 4.20. The summed E-state index contributed by atoms with van der Waals surface area (Å²) in [5, 5.41) is 1.01. The highest BCUT2D eigenvalue weighted by Crippen LogP contribution is 2.11. The van der Waals surface area contributed by atoms with Gasteiger partial charge in [-0.05, 0) is 18.6 Å². The number of imidazole rings is 1. The third-order valence-corrected chi connectivity index (χ3v) is 2.02. The monoisotopic (exact) mass is 170 g/mol. The first-order chi connectivity index (χ1) is 5.22. The maximum Gasteiger partial charge on any atom is 0.165 e. The molecule has 0 aliphatic rings. The zero-order valence-corrected chi connectivity index (χ0v) is 8.03. The van der Waals surface area contributed by atoms with Gasteiger partial charge in [-0.2, -0.15) is 0 Å². The van der Waals surface area contributed by atoms with Crippen molar-refractivity contribution in [3.63, 3.8) is 0 Å². The minimum atomic E-state index is 0.699. The van der Waals surface area contributed by atoms with Crippen LogP contribution in [0, 0.1) is 5.92 Å². The third kappa shape index (κ3) is 2.58. The molecule has 0 aliphatic carbocycles. The van der Waals surface area contributed by atoms with Crippen LogP contribution in [-0.4, -0.2) is 16.2 Å². The Morgan fingerprint density at radius 2 is 2.36 bits per heavy atom. The number of hydrogen-bond acceptors (Lipinski definition) is 2. The van der Waals surface area contributed by atoms with Crippen molar-refractivity contribution in [3.05, 3.63) is 11.9 Å². The molecular formula is C8H14N2S. The number of rotatable bonds is 3. The highest BCUT2D eigenvalue weighted by atomic mass is 32.2. The summed E-state index contributed by atoms with van der Waals surface area (Å²) in [5.74, 6) is 0.699. The summed E-state index contributed by atoms with van der Waals surface area (Å²) in [6, 6.07) is 0. The summed E-state index contributed by atoms with van der Waals surface area (Å²) in [6.07, 6.45) is 5.04. The average Bonchev–Trinajstić information content (AvgIpc) is 2.34. The fourth-order valence-electron chi connectivity index (χ4n) is 0.986. The van der Waals surface area contributed by atoms with Crippen LogP contribution in [0.15, 0.2) is 11.4 Å². The lowest BCUT2D eigenvalue weighted by atomic mass is 10.1. The molecule has 1 aromatic heterocycles. The van der Waals surface area contributed by atoms with Crippen molar-refractivity contribution in [1.29, 1.82) is 0 Å². The van der Waals surface area contributed by atoms with Crippen LogP contribution in [0.2, 0.25) is 0 Å². The molecule has 0 unspecified atom stereocenters. The molecule has 0 spiro atoms. The molecule has 0 radical (unpaired) electrons. The van der Waals surface area contributed by atoms with Gasteiger partial charge in [-0.1, -0.05) is 25.6 Å². The molecule has 0 amide bonds. The summed E-state index contributed by atoms with van der Waals surface area (Å²) in [6.45, 7) is 4.42. The number of H-pyrrole nitrogens is 1. The predicted molar refractivity (Wildman–Crippen MR) is 48.9 cm³/mol. The molecule has 2 nitrogen and oxygen atoms in total. The van der Waals surface area contributed by atoms with E-state index in [4.69, 9.17) is 0 Å². The van der Waals surface area contributed by atoms with Crippen molar-refractivity contribution in [3.8, 4) is 0 Å². The highest BCUT2D eigenvalue weighted by molar-refractivity contribution is 7.98. The lowest BCUT2D eigenvalue weighted by Crippen LogP contribution is -1.93. The zero-order chi connectivity index (χ0) is 8.27. The molecule has 0 bridgehead atoms. The lowest BCUT2D eigenvalue weighted by Gasteiger charge is -1.99. The van der Waals surface area contributed by atoms with Crippen molar-refractivity contribution >= 4 is 11.8 Å². The topological polar surface area (TPSA) is 28.7 Å². The van der Waals surface area contributed by atoms with Crippen LogP contribution in [0.5, 0.6) is 0 Å². The summed E-state index contributed by atoms with van der Waals surface area (Å²) in [5.41, 5.74) is 1.24. The minimum absolute atomic E-state index is 0.699. The highest BCUT2D eigenvalue weighted by Gasteiger charge is 2.00. The van der Waals surface area contributed by atoms with Crippen molar-refractivity contribution < 1.29 is 0 Å². The van der Waals surface area contributed by atoms with Gasteiger partial charge in [0.1, 0.15) is 0 Å². The summed E-state index contributed by atoms with van der Waals surface area (Å²) >= 11 is 1.65. The van der Waals surface area contributed by atoms with Crippen molar-refractivity contribution in [2.24, 2.45) is 5.92 Å². The van der Waals surface area contributed by atoms with Gasteiger partial charge < -0.3 is 4.98 Å². The van der Waals surface area contributed by atoms with Gasteiger partial charge >= 0.3 is 0 Å². The Bertz CT molecular complexity index is 218. The molecule has 62 valence electrons. The van der Waals surface area contributed by atoms with Crippen LogP contribution in [0.1, 0.15) is 19.5 Å². The molecule has 0 aromatic carbocycles. The number of nitrogens with zero attached hydrogens (tertiary/aromatic N) is 1. The first kappa shape index (κ1) is 8.65. The van der Waals surface area contributed by atoms with Crippen molar-refractivity contribution in [2.45, 2.75) is 25.4 Å². The molecule has 11 heavy (non-hydrogen) atoms. The van der Waals surface area contributed by atoms with Crippen LogP contribution >= 0.6 is 11.8 Å². The van der Waals surface area contributed by atoms with Crippen LogP contribution in [0.25, 0.3) is 0 Å². The summed E-state index contributed by atoms with van der Waals surface area (Å²) in [7, 11) is 0. The smallest absolute Gasteiger partial charge is 0.165 e. The quantitative estimate of drug-likeness (QED) is 0.705. The van der Waals surface area contributed by atoms with Crippen molar-refractivity contribution in [2.75, 3.05) is 6.26 Å². The minimum Gasteiger partial charge on any atom is -0.337 e. The molecule has 1 aromatic rings. The van der Waals surface area contributed by atoms with E-state index < -0.39 is 0 Å². The normalized spacial score (nSPS) is 10.9. The van der Waals surface area contributed by atoms with E-state index in [1.807, 2.05) is 12.5 Å². The Morgan fingerprint density at radius 3 is 2.82 bits per heavy atom. The second-order valence-electron chi connectivity index (χ2n) is 3.02. The van der Waals surface area contributed by atoms with Gasteiger partial charge in [0.15, 0.2) is 5.16 Å². The van der Waals surface area contributed by atoms with Crippen LogP contribution in [0.4, 0.5) is 0 Å². The second-order valence-corrected chi connectivity index (χ2v) is 3.81. The zero-order valence-electron chi connectivity index (χ0n) is 7.22. The number of nitrogens with one attached hydrogen (secondary N) is 1. The molecule has 0 saturated carbocycles. The molecule has 1 heterocycles. The third-order valence-electron chi connectivity index (χ3n) is 1.43. The van der Waals surface area contributed by atoms with Gasteiger partial charge in [0.25, 0.3) is 0 Å². The molecule has 0 aliphatic heterocycles. The van der Waals surface area contributed by atoms with Crippen LogP contribution in [-0.2, 0) is 6.42 Å². The molecule has 3 heteroatoms. The lowest BCUT2D eigenvalue weighted by molar-refractivity contribution is 0.635. The van der Waals surface area contributed by atoms with E-state index in [0.29, 0.717) is 5.92 Å². The molecule has 1 N–H and O–H groups in total. The Kier molecular flexibility index (Phi) is 3.00. The van der Waals surface area contributed by atoms with E-state index in [9.17, 15) is 0 Å². The molecular weight excluding hydrogens is 156 g/mol. The molecule has 0 saturated heterocycles. The van der Waals surface area contributed by atoms with E-state index in [1.165, 1.54) is 5.69 Å². The van der Waals surface area contributed by atoms with Gasteiger partial charge in [-0.3, -0.25) is 0 Å². The van der Waals surface area contributed by atoms with Gasteiger partial charge in [-0.15, -0.1) is 0 Å².